The third kappa shape index (κ3) is 3.61. The number of halogens is 2. The molecule has 2 atom stereocenters. The molecule has 0 aromatic carbocycles. The molecule has 0 N–H and O–H groups in total. The SMILES string of the molecule is CC.CCC1CCC(F)(F)C(C)C1. The second-order valence-electron chi connectivity index (χ2n) is 3.71. The first-order chi connectivity index (χ1) is 6.06. The summed E-state index contributed by atoms with van der Waals surface area (Å²) in [5.74, 6) is -2.24. The van der Waals surface area contributed by atoms with Crippen LogP contribution in [0.5, 0.6) is 0 Å². The van der Waals surface area contributed by atoms with Crippen molar-refractivity contribution in [3.8, 4) is 0 Å². The van der Waals surface area contributed by atoms with E-state index >= 15 is 0 Å². The molecular formula is C11H22F2. The Balaban J connectivity index is 0.000000671. The predicted octanol–water partition coefficient (Wildman–Crippen LogP) is 4.49. The maximum Gasteiger partial charge on any atom is 0.250 e. The molecule has 0 spiro atoms. The van der Waals surface area contributed by atoms with Crippen LogP contribution in [0.25, 0.3) is 0 Å². The van der Waals surface area contributed by atoms with E-state index in [0.717, 1.165) is 6.42 Å². The molecule has 0 saturated heterocycles. The van der Waals surface area contributed by atoms with Crippen LogP contribution in [0.1, 0.15) is 53.4 Å². The standard InChI is InChI=1S/C9H16F2.C2H6/c1-3-8-4-5-9(10,11)7(2)6-8;1-2/h7-8H,3-6H2,1-2H3;1-2H3. The average molecular weight is 192 g/mol. The summed E-state index contributed by atoms with van der Waals surface area (Å²) >= 11 is 0. The van der Waals surface area contributed by atoms with Gasteiger partial charge in [0.25, 0.3) is 5.92 Å². The van der Waals surface area contributed by atoms with Gasteiger partial charge in [-0.15, -0.1) is 0 Å². The van der Waals surface area contributed by atoms with Gasteiger partial charge in [0.05, 0.1) is 0 Å². The molecule has 0 heterocycles. The van der Waals surface area contributed by atoms with E-state index in [9.17, 15) is 8.78 Å². The summed E-state index contributed by atoms with van der Waals surface area (Å²) in [6.45, 7) is 7.75. The topological polar surface area (TPSA) is 0 Å². The Bertz CT molecular complexity index is 132. The lowest BCUT2D eigenvalue weighted by molar-refractivity contribution is -0.0909. The molecule has 80 valence electrons. The van der Waals surface area contributed by atoms with Crippen molar-refractivity contribution in [1.82, 2.24) is 0 Å². The zero-order chi connectivity index (χ0) is 10.5. The van der Waals surface area contributed by atoms with E-state index in [0.29, 0.717) is 18.8 Å². The minimum atomic E-state index is -2.38. The summed E-state index contributed by atoms with van der Waals surface area (Å²) in [5, 5.41) is 0. The lowest BCUT2D eigenvalue weighted by atomic mass is 9.79. The molecule has 2 heteroatoms. The fourth-order valence-electron chi connectivity index (χ4n) is 1.80. The van der Waals surface area contributed by atoms with Crippen LogP contribution in [0.15, 0.2) is 0 Å². The van der Waals surface area contributed by atoms with Crippen LogP contribution >= 0.6 is 0 Å². The average Bonchev–Trinajstić information content (AvgIpc) is 2.13. The fraction of sp³-hybridized carbons (Fsp3) is 1.00. The summed E-state index contributed by atoms with van der Waals surface area (Å²) in [6.07, 6.45) is 2.59. The van der Waals surface area contributed by atoms with Crippen LogP contribution < -0.4 is 0 Å². The van der Waals surface area contributed by atoms with Gasteiger partial charge in [-0.2, -0.15) is 0 Å². The Labute approximate surface area is 80.7 Å². The highest BCUT2D eigenvalue weighted by Gasteiger charge is 2.40. The molecule has 0 aromatic heterocycles. The van der Waals surface area contributed by atoms with Gasteiger partial charge in [-0.1, -0.05) is 34.1 Å². The molecule has 2 unspecified atom stereocenters. The molecule has 1 aliphatic rings. The maximum absolute atomic E-state index is 12.9. The van der Waals surface area contributed by atoms with Crippen molar-refractivity contribution in [2.75, 3.05) is 0 Å². The van der Waals surface area contributed by atoms with Crippen molar-refractivity contribution in [2.24, 2.45) is 11.8 Å². The maximum atomic E-state index is 12.9. The van der Waals surface area contributed by atoms with Crippen LogP contribution in [-0.2, 0) is 0 Å². The van der Waals surface area contributed by atoms with E-state index in [2.05, 4.69) is 6.92 Å². The Morgan fingerprint density at radius 2 is 1.85 bits per heavy atom. The van der Waals surface area contributed by atoms with Crippen molar-refractivity contribution in [3.05, 3.63) is 0 Å². The van der Waals surface area contributed by atoms with Crippen molar-refractivity contribution in [2.45, 2.75) is 59.3 Å². The van der Waals surface area contributed by atoms with E-state index in [1.807, 2.05) is 13.8 Å². The van der Waals surface area contributed by atoms with Crippen LogP contribution in [0.2, 0.25) is 0 Å². The lowest BCUT2D eigenvalue weighted by Crippen LogP contribution is -2.33. The zero-order valence-corrected chi connectivity index (χ0v) is 9.24. The van der Waals surface area contributed by atoms with Gasteiger partial charge in [-0.05, 0) is 18.8 Å². The second-order valence-corrected chi connectivity index (χ2v) is 3.71. The normalized spacial score (nSPS) is 31.8. The Kier molecular flexibility index (Phi) is 5.50. The zero-order valence-electron chi connectivity index (χ0n) is 9.24. The number of rotatable bonds is 1. The largest absolute Gasteiger partial charge is 0.250 e. The quantitative estimate of drug-likeness (QED) is 0.574. The van der Waals surface area contributed by atoms with Crippen LogP contribution in [0, 0.1) is 11.8 Å². The van der Waals surface area contributed by atoms with Crippen LogP contribution in [-0.4, -0.2) is 5.92 Å². The number of hydrogen-bond acceptors (Lipinski definition) is 0. The highest BCUT2D eigenvalue weighted by molar-refractivity contribution is 4.82. The van der Waals surface area contributed by atoms with Gasteiger partial charge in [-0.3, -0.25) is 0 Å². The molecule has 1 rings (SSSR count). The lowest BCUT2D eigenvalue weighted by Gasteiger charge is -2.33. The Hall–Kier alpha value is -0.140. The van der Waals surface area contributed by atoms with E-state index in [1.54, 1.807) is 6.92 Å². The molecule has 0 radical (unpaired) electrons. The fourth-order valence-corrected chi connectivity index (χ4v) is 1.80. The van der Waals surface area contributed by atoms with E-state index in [-0.39, 0.29) is 6.42 Å². The highest BCUT2D eigenvalue weighted by Crippen LogP contribution is 2.41. The number of hydrogen-bond donors (Lipinski definition) is 0. The Morgan fingerprint density at radius 3 is 2.23 bits per heavy atom. The summed E-state index contributed by atoms with van der Waals surface area (Å²) in [7, 11) is 0. The molecule has 0 aliphatic heterocycles. The molecule has 0 bridgehead atoms. The van der Waals surface area contributed by atoms with Crippen molar-refractivity contribution >= 4 is 0 Å². The molecule has 0 nitrogen and oxygen atoms in total. The molecule has 0 aromatic rings. The van der Waals surface area contributed by atoms with E-state index in [1.165, 1.54) is 0 Å². The summed E-state index contributed by atoms with van der Waals surface area (Å²) in [4.78, 5) is 0. The smallest absolute Gasteiger partial charge is 0.207 e. The molecule has 0 amide bonds. The van der Waals surface area contributed by atoms with Gasteiger partial charge in [0.2, 0.25) is 0 Å². The number of alkyl halides is 2. The molecular weight excluding hydrogens is 170 g/mol. The first-order valence-electron chi connectivity index (χ1n) is 5.44. The van der Waals surface area contributed by atoms with Crippen molar-refractivity contribution in [3.63, 3.8) is 0 Å². The van der Waals surface area contributed by atoms with Crippen molar-refractivity contribution < 1.29 is 8.78 Å². The summed E-state index contributed by atoms with van der Waals surface area (Å²) < 4.78 is 25.8. The molecule has 1 saturated carbocycles. The molecule has 1 aliphatic carbocycles. The monoisotopic (exact) mass is 192 g/mol. The van der Waals surface area contributed by atoms with Gasteiger partial charge in [0.15, 0.2) is 0 Å². The van der Waals surface area contributed by atoms with Crippen LogP contribution in [0.4, 0.5) is 8.78 Å². The summed E-state index contributed by atoms with van der Waals surface area (Å²) in [5.41, 5.74) is 0. The van der Waals surface area contributed by atoms with E-state index < -0.39 is 11.8 Å². The van der Waals surface area contributed by atoms with E-state index in [4.69, 9.17) is 0 Å². The van der Waals surface area contributed by atoms with Gasteiger partial charge >= 0.3 is 0 Å². The minimum absolute atomic E-state index is 0.104. The Morgan fingerprint density at radius 1 is 1.31 bits per heavy atom. The van der Waals surface area contributed by atoms with Crippen LogP contribution in [0.3, 0.4) is 0 Å². The molecule has 13 heavy (non-hydrogen) atoms. The van der Waals surface area contributed by atoms with Gasteiger partial charge in [0, 0.05) is 12.3 Å². The van der Waals surface area contributed by atoms with Gasteiger partial charge < -0.3 is 0 Å². The third-order valence-electron chi connectivity index (χ3n) is 2.87. The first kappa shape index (κ1) is 12.9. The summed E-state index contributed by atoms with van der Waals surface area (Å²) in [6, 6.07) is 0. The molecule has 1 fully saturated rings. The van der Waals surface area contributed by atoms with Gasteiger partial charge in [0.1, 0.15) is 0 Å². The van der Waals surface area contributed by atoms with Gasteiger partial charge in [-0.25, -0.2) is 8.78 Å². The first-order valence-corrected chi connectivity index (χ1v) is 5.44. The van der Waals surface area contributed by atoms with Crippen molar-refractivity contribution in [1.29, 1.82) is 0 Å². The third-order valence-corrected chi connectivity index (χ3v) is 2.87. The second kappa shape index (κ2) is 5.56. The highest BCUT2D eigenvalue weighted by atomic mass is 19.3. The minimum Gasteiger partial charge on any atom is -0.207 e. The predicted molar refractivity (Wildman–Crippen MR) is 53.1 cm³/mol.